The van der Waals surface area contributed by atoms with Crippen molar-refractivity contribution in [3.8, 4) is 0 Å². The molecule has 0 aromatic heterocycles. The topological polar surface area (TPSA) is 93.7 Å². The minimum atomic E-state index is -0.729. The van der Waals surface area contributed by atoms with Crippen LogP contribution in [0.1, 0.15) is 27.2 Å². The van der Waals surface area contributed by atoms with Crippen molar-refractivity contribution in [2.24, 2.45) is 5.92 Å². The lowest BCUT2D eigenvalue weighted by atomic mass is 10.0. The second kappa shape index (κ2) is 9.18. The van der Waals surface area contributed by atoms with Crippen LogP contribution >= 0.6 is 0 Å². The third-order valence-electron chi connectivity index (χ3n) is 2.20. The highest BCUT2D eigenvalue weighted by atomic mass is 16.5. The predicted octanol–water partition coefficient (Wildman–Crippen LogP) is 0.436. The lowest BCUT2D eigenvalue weighted by Gasteiger charge is -2.18. The fourth-order valence-corrected chi connectivity index (χ4v) is 1.40. The summed E-state index contributed by atoms with van der Waals surface area (Å²) >= 11 is 0. The molecule has 1 atom stereocenters. The Labute approximate surface area is 113 Å². The van der Waals surface area contributed by atoms with Gasteiger partial charge in [-0.25, -0.2) is 9.59 Å². The number of nitrogens with one attached hydrogen (secondary N) is 2. The number of rotatable bonds is 7. The highest BCUT2D eigenvalue weighted by molar-refractivity contribution is 5.85. The van der Waals surface area contributed by atoms with Crippen molar-refractivity contribution in [2.45, 2.75) is 33.2 Å². The molecule has 0 saturated heterocycles. The van der Waals surface area contributed by atoms with E-state index in [0.29, 0.717) is 6.42 Å². The minimum Gasteiger partial charge on any atom is -0.467 e. The number of methoxy groups -OCH3 is 1. The Bertz CT molecular complexity index is 317. The van der Waals surface area contributed by atoms with Gasteiger partial charge in [0.15, 0.2) is 0 Å². The van der Waals surface area contributed by atoms with Crippen molar-refractivity contribution in [1.82, 2.24) is 10.6 Å². The number of hydrogen-bond acceptors (Lipinski definition) is 5. The van der Waals surface area contributed by atoms with Gasteiger partial charge in [0.1, 0.15) is 12.6 Å². The quantitative estimate of drug-likeness (QED) is 0.657. The fraction of sp³-hybridized carbons (Fsp3) is 0.750. The van der Waals surface area contributed by atoms with Crippen LogP contribution in [0.5, 0.6) is 0 Å². The number of carbonyl (C=O) groups excluding carboxylic acids is 3. The molecule has 19 heavy (non-hydrogen) atoms. The third kappa shape index (κ3) is 8.01. The van der Waals surface area contributed by atoms with Gasteiger partial charge in [0.25, 0.3) is 0 Å². The molecule has 2 N–H and O–H groups in total. The first-order valence-electron chi connectivity index (χ1n) is 6.18. The Hall–Kier alpha value is -1.79. The molecule has 2 amide bonds. The maximum Gasteiger partial charge on any atom is 0.328 e. The van der Waals surface area contributed by atoms with Gasteiger partial charge in [-0.3, -0.25) is 4.79 Å². The SMILES string of the molecule is CCOC(=O)CNC(=O)N[C@@H](CC(C)C)C(=O)OC. The zero-order valence-corrected chi connectivity index (χ0v) is 11.8. The molecule has 0 heterocycles. The molecular formula is C12H22N2O5. The van der Waals surface area contributed by atoms with Crippen molar-refractivity contribution in [2.75, 3.05) is 20.3 Å². The number of amides is 2. The van der Waals surface area contributed by atoms with Crippen molar-refractivity contribution in [3.63, 3.8) is 0 Å². The molecule has 7 nitrogen and oxygen atoms in total. The number of urea groups is 1. The van der Waals surface area contributed by atoms with Gasteiger partial charge in [0, 0.05) is 0 Å². The van der Waals surface area contributed by atoms with E-state index in [0.717, 1.165) is 0 Å². The summed E-state index contributed by atoms with van der Waals surface area (Å²) in [7, 11) is 1.26. The second-order valence-corrected chi connectivity index (χ2v) is 4.34. The van der Waals surface area contributed by atoms with Gasteiger partial charge in [-0.15, -0.1) is 0 Å². The highest BCUT2D eigenvalue weighted by Gasteiger charge is 2.22. The molecule has 0 aliphatic carbocycles. The Morgan fingerprint density at radius 1 is 1.21 bits per heavy atom. The van der Waals surface area contributed by atoms with Crippen LogP contribution in [0.3, 0.4) is 0 Å². The molecule has 0 unspecified atom stereocenters. The van der Waals surface area contributed by atoms with Crippen LogP contribution in [0.25, 0.3) is 0 Å². The van der Waals surface area contributed by atoms with E-state index in [-0.39, 0.29) is 19.1 Å². The Kier molecular flexibility index (Phi) is 8.32. The average Bonchev–Trinajstić information content (AvgIpc) is 2.34. The summed E-state index contributed by atoms with van der Waals surface area (Å²) in [6.07, 6.45) is 0.458. The summed E-state index contributed by atoms with van der Waals surface area (Å²) < 4.78 is 9.26. The molecule has 0 radical (unpaired) electrons. The van der Waals surface area contributed by atoms with E-state index in [1.165, 1.54) is 7.11 Å². The first-order valence-corrected chi connectivity index (χ1v) is 6.18. The number of ether oxygens (including phenoxy) is 2. The fourth-order valence-electron chi connectivity index (χ4n) is 1.40. The van der Waals surface area contributed by atoms with E-state index in [2.05, 4.69) is 20.1 Å². The van der Waals surface area contributed by atoms with Crippen molar-refractivity contribution in [1.29, 1.82) is 0 Å². The third-order valence-corrected chi connectivity index (χ3v) is 2.20. The number of hydrogen-bond donors (Lipinski definition) is 2. The van der Waals surface area contributed by atoms with Crippen LogP contribution in [-0.4, -0.2) is 44.3 Å². The van der Waals surface area contributed by atoms with Gasteiger partial charge < -0.3 is 20.1 Å². The summed E-state index contributed by atoms with van der Waals surface area (Å²) in [5, 5.41) is 4.78. The number of esters is 2. The van der Waals surface area contributed by atoms with Gasteiger partial charge in [-0.05, 0) is 19.3 Å². The maximum atomic E-state index is 11.5. The van der Waals surface area contributed by atoms with Gasteiger partial charge in [-0.2, -0.15) is 0 Å². The predicted molar refractivity (Wildman–Crippen MR) is 68.4 cm³/mol. The van der Waals surface area contributed by atoms with E-state index in [1.54, 1.807) is 6.92 Å². The molecule has 0 aliphatic rings. The van der Waals surface area contributed by atoms with Crippen LogP contribution < -0.4 is 10.6 Å². The van der Waals surface area contributed by atoms with Gasteiger partial charge in [-0.1, -0.05) is 13.8 Å². The molecule has 7 heteroatoms. The standard InChI is InChI=1S/C12H22N2O5/c1-5-19-10(15)7-13-12(17)14-9(6-8(2)3)11(16)18-4/h8-9H,5-7H2,1-4H3,(H2,13,14,17)/t9-/m0/s1. The number of carbonyl (C=O) groups is 3. The molecule has 0 rings (SSSR count). The first-order chi connectivity index (χ1) is 8.90. The van der Waals surface area contributed by atoms with Crippen molar-refractivity contribution in [3.05, 3.63) is 0 Å². The molecule has 110 valence electrons. The highest BCUT2D eigenvalue weighted by Crippen LogP contribution is 2.05. The lowest BCUT2D eigenvalue weighted by molar-refractivity contribution is -0.143. The minimum absolute atomic E-state index is 0.217. The monoisotopic (exact) mass is 274 g/mol. The maximum absolute atomic E-state index is 11.5. The summed E-state index contributed by atoms with van der Waals surface area (Å²) in [5.74, 6) is -0.828. The lowest BCUT2D eigenvalue weighted by Crippen LogP contribution is -2.48. The normalized spacial score (nSPS) is 11.6. The van der Waals surface area contributed by atoms with E-state index in [1.807, 2.05) is 13.8 Å². The molecule has 0 saturated carbocycles. The van der Waals surface area contributed by atoms with Gasteiger partial charge in [0.05, 0.1) is 13.7 Å². The zero-order valence-electron chi connectivity index (χ0n) is 11.8. The largest absolute Gasteiger partial charge is 0.467 e. The first kappa shape index (κ1) is 17.2. The van der Waals surface area contributed by atoms with E-state index < -0.39 is 24.0 Å². The van der Waals surface area contributed by atoms with Crippen LogP contribution in [0.2, 0.25) is 0 Å². The van der Waals surface area contributed by atoms with Crippen LogP contribution in [0, 0.1) is 5.92 Å². The summed E-state index contributed by atoms with van der Waals surface area (Å²) in [6.45, 7) is 5.53. The molecule has 0 aliphatic heterocycles. The molecule has 0 bridgehead atoms. The molecule has 0 aromatic rings. The average molecular weight is 274 g/mol. The second-order valence-electron chi connectivity index (χ2n) is 4.34. The van der Waals surface area contributed by atoms with E-state index in [9.17, 15) is 14.4 Å². The van der Waals surface area contributed by atoms with E-state index >= 15 is 0 Å². The van der Waals surface area contributed by atoms with Crippen LogP contribution in [0.15, 0.2) is 0 Å². The van der Waals surface area contributed by atoms with Gasteiger partial charge in [0.2, 0.25) is 0 Å². The smallest absolute Gasteiger partial charge is 0.328 e. The molecule has 0 spiro atoms. The Balaban J connectivity index is 4.23. The van der Waals surface area contributed by atoms with Crippen LogP contribution in [0.4, 0.5) is 4.79 Å². The van der Waals surface area contributed by atoms with Crippen LogP contribution in [-0.2, 0) is 19.1 Å². The molecular weight excluding hydrogens is 252 g/mol. The molecule has 0 aromatic carbocycles. The summed E-state index contributed by atoms with van der Waals surface area (Å²) in [6, 6.07) is -1.34. The molecule has 0 fully saturated rings. The summed E-state index contributed by atoms with van der Waals surface area (Å²) in [5.41, 5.74) is 0. The Morgan fingerprint density at radius 3 is 2.32 bits per heavy atom. The van der Waals surface area contributed by atoms with Gasteiger partial charge >= 0.3 is 18.0 Å². The van der Waals surface area contributed by atoms with Crippen molar-refractivity contribution >= 4 is 18.0 Å². The zero-order chi connectivity index (χ0) is 14.8. The van der Waals surface area contributed by atoms with E-state index in [4.69, 9.17) is 0 Å². The van der Waals surface area contributed by atoms with Crippen molar-refractivity contribution < 1.29 is 23.9 Å². The Morgan fingerprint density at radius 2 is 1.84 bits per heavy atom. The summed E-state index contributed by atoms with van der Waals surface area (Å²) in [4.78, 5) is 34.0.